The molecule has 0 saturated carbocycles. The predicted octanol–water partition coefficient (Wildman–Crippen LogP) is 2.36. The van der Waals surface area contributed by atoms with Crippen LogP contribution in [0.2, 0.25) is 0 Å². The van der Waals surface area contributed by atoms with Gasteiger partial charge in [-0.05, 0) is 64.0 Å². The third-order valence-electron chi connectivity index (χ3n) is 4.34. The van der Waals surface area contributed by atoms with Gasteiger partial charge in [0.1, 0.15) is 0 Å². The Morgan fingerprint density at radius 3 is 2.86 bits per heavy atom. The average Bonchev–Trinajstić information content (AvgIpc) is 2.50. The fourth-order valence-electron chi connectivity index (χ4n) is 2.93. The highest BCUT2D eigenvalue weighted by atomic mass is 15.1. The smallest absolute Gasteiger partial charge is 0.0562 e. The lowest BCUT2D eigenvalue weighted by Crippen LogP contribution is -2.35. The van der Waals surface area contributed by atoms with Gasteiger partial charge in [-0.25, -0.2) is 0 Å². The van der Waals surface area contributed by atoms with Crippen molar-refractivity contribution in [2.24, 2.45) is 5.92 Å². The molecule has 21 heavy (non-hydrogen) atoms. The van der Waals surface area contributed by atoms with E-state index in [1.54, 1.807) is 0 Å². The molecule has 1 aromatic rings. The molecule has 1 saturated heterocycles. The minimum atomic E-state index is 0.820. The first-order chi connectivity index (χ1) is 10.2. The molecule has 1 N–H and O–H groups in total. The maximum atomic E-state index is 4.45. The summed E-state index contributed by atoms with van der Waals surface area (Å²) in [6, 6.07) is 4.34. The fraction of sp³-hybridized carbons (Fsp3) is 0.706. The summed E-state index contributed by atoms with van der Waals surface area (Å²) in [6.45, 7) is 7.73. The molecule has 4 nitrogen and oxygen atoms in total. The lowest BCUT2D eigenvalue weighted by atomic mass is 9.96. The topological polar surface area (TPSA) is 31.4 Å². The Kier molecular flexibility index (Phi) is 6.46. The first kappa shape index (κ1) is 16.2. The number of hydrogen-bond acceptors (Lipinski definition) is 4. The van der Waals surface area contributed by atoms with Gasteiger partial charge in [-0.2, -0.15) is 0 Å². The van der Waals surface area contributed by atoms with Crippen molar-refractivity contribution < 1.29 is 0 Å². The van der Waals surface area contributed by atoms with Crippen LogP contribution in [-0.4, -0.2) is 50.2 Å². The van der Waals surface area contributed by atoms with Crippen LogP contribution in [-0.2, 0) is 6.54 Å². The zero-order chi connectivity index (χ0) is 15.1. The fourth-order valence-corrected chi connectivity index (χ4v) is 2.93. The zero-order valence-electron chi connectivity index (χ0n) is 13.8. The van der Waals surface area contributed by atoms with Gasteiger partial charge in [-0.1, -0.05) is 6.92 Å². The van der Waals surface area contributed by atoms with E-state index < -0.39 is 0 Å². The van der Waals surface area contributed by atoms with Crippen LogP contribution in [0.25, 0.3) is 0 Å². The molecule has 4 heteroatoms. The van der Waals surface area contributed by atoms with Crippen molar-refractivity contribution in [3.05, 3.63) is 24.0 Å². The van der Waals surface area contributed by atoms with Crippen molar-refractivity contribution in [1.29, 1.82) is 0 Å². The molecule has 1 aliphatic rings. The molecule has 2 heterocycles. The molecule has 1 fully saturated rings. The summed E-state index contributed by atoms with van der Waals surface area (Å²) in [5, 5.41) is 3.42. The van der Waals surface area contributed by atoms with Crippen LogP contribution >= 0.6 is 0 Å². The normalized spacial score (nSPS) is 17.1. The molecule has 1 aliphatic heterocycles. The Morgan fingerprint density at radius 1 is 1.38 bits per heavy atom. The Balaban J connectivity index is 1.86. The molecule has 0 aromatic carbocycles. The van der Waals surface area contributed by atoms with E-state index in [2.05, 4.69) is 53.3 Å². The Bertz CT molecular complexity index is 413. The number of hydrogen-bond donors (Lipinski definition) is 1. The molecular weight excluding hydrogens is 260 g/mol. The second-order valence-corrected chi connectivity index (χ2v) is 6.31. The molecule has 0 amide bonds. The van der Waals surface area contributed by atoms with E-state index >= 15 is 0 Å². The van der Waals surface area contributed by atoms with Gasteiger partial charge in [0, 0.05) is 32.0 Å². The van der Waals surface area contributed by atoms with E-state index in [1.807, 2.05) is 6.20 Å². The van der Waals surface area contributed by atoms with Crippen molar-refractivity contribution in [1.82, 2.24) is 15.2 Å². The van der Waals surface area contributed by atoms with Gasteiger partial charge in [0.15, 0.2) is 0 Å². The molecule has 2 rings (SSSR count). The van der Waals surface area contributed by atoms with Gasteiger partial charge < -0.3 is 15.1 Å². The maximum Gasteiger partial charge on any atom is 0.0562 e. The first-order valence-corrected chi connectivity index (χ1v) is 8.24. The lowest BCUT2D eigenvalue weighted by molar-refractivity contribution is 0.222. The second-order valence-electron chi connectivity index (χ2n) is 6.31. The lowest BCUT2D eigenvalue weighted by Gasteiger charge is -2.32. The quantitative estimate of drug-likeness (QED) is 0.781. The molecule has 0 atom stereocenters. The molecule has 118 valence electrons. The molecular formula is C17H30N4. The van der Waals surface area contributed by atoms with E-state index in [0.29, 0.717) is 0 Å². The van der Waals surface area contributed by atoms with E-state index in [9.17, 15) is 0 Å². The maximum absolute atomic E-state index is 4.45. The summed E-state index contributed by atoms with van der Waals surface area (Å²) in [5.74, 6) is 0.820. The van der Waals surface area contributed by atoms with Gasteiger partial charge in [-0.3, -0.25) is 4.98 Å². The molecule has 0 aliphatic carbocycles. The van der Waals surface area contributed by atoms with Gasteiger partial charge in [-0.15, -0.1) is 0 Å². The van der Waals surface area contributed by atoms with E-state index in [1.165, 1.54) is 31.6 Å². The summed E-state index contributed by atoms with van der Waals surface area (Å²) in [5.41, 5.74) is 2.42. The van der Waals surface area contributed by atoms with E-state index in [-0.39, 0.29) is 0 Å². The van der Waals surface area contributed by atoms with Crippen molar-refractivity contribution in [3.63, 3.8) is 0 Å². The van der Waals surface area contributed by atoms with Crippen LogP contribution in [0.4, 0.5) is 5.69 Å². The summed E-state index contributed by atoms with van der Waals surface area (Å²) in [4.78, 5) is 9.28. The predicted molar refractivity (Wildman–Crippen MR) is 89.7 cm³/mol. The zero-order valence-corrected chi connectivity index (χ0v) is 13.8. The highest BCUT2D eigenvalue weighted by molar-refractivity contribution is 5.45. The number of piperidine rings is 1. The largest absolute Gasteiger partial charge is 0.374 e. The van der Waals surface area contributed by atoms with Crippen LogP contribution < -0.4 is 10.2 Å². The van der Waals surface area contributed by atoms with Crippen LogP contribution in [0.3, 0.4) is 0 Å². The minimum Gasteiger partial charge on any atom is -0.374 e. The van der Waals surface area contributed by atoms with Gasteiger partial charge in [0.2, 0.25) is 0 Å². The Labute approximate surface area is 129 Å². The molecule has 0 radical (unpaired) electrons. The van der Waals surface area contributed by atoms with Crippen LogP contribution in [0.15, 0.2) is 18.3 Å². The van der Waals surface area contributed by atoms with Crippen molar-refractivity contribution in [2.45, 2.75) is 32.7 Å². The van der Waals surface area contributed by atoms with E-state index in [0.717, 1.165) is 37.7 Å². The number of nitrogens with one attached hydrogen (secondary N) is 1. The monoisotopic (exact) mass is 290 g/mol. The number of pyridine rings is 1. The summed E-state index contributed by atoms with van der Waals surface area (Å²) in [6.07, 6.45) is 5.73. The second kappa shape index (κ2) is 8.35. The number of rotatable bonds is 7. The Hall–Kier alpha value is -1.13. The van der Waals surface area contributed by atoms with Crippen LogP contribution in [0.1, 0.15) is 31.9 Å². The molecule has 1 aromatic heterocycles. The summed E-state index contributed by atoms with van der Waals surface area (Å²) < 4.78 is 0. The highest BCUT2D eigenvalue weighted by Gasteiger charge is 2.18. The SMILES string of the molecule is CCCNCc1cc(N(C)CC2CCN(C)CC2)ccn1. The molecule has 0 bridgehead atoms. The summed E-state index contributed by atoms with van der Waals surface area (Å²) in [7, 11) is 4.43. The standard InChI is InChI=1S/C17H30N4/c1-4-8-18-13-16-12-17(5-9-19-16)21(3)14-15-6-10-20(2)11-7-15/h5,9,12,15,18H,4,6-8,10-11,13-14H2,1-3H3. The van der Waals surface area contributed by atoms with Crippen molar-refractivity contribution >= 4 is 5.69 Å². The third kappa shape index (κ3) is 5.29. The number of nitrogens with zero attached hydrogens (tertiary/aromatic N) is 3. The van der Waals surface area contributed by atoms with Crippen LogP contribution in [0, 0.1) is 5.92 Å². The number of aromatic nitrogens is 1. The minimum absolute atomic E-state index is 0.820. The Morgan fingerprint density at radius 2 is 2.14 bits per heavy atom. The first-order valence-electron chi connectivity index (χ1n) is 8.24. The summed E-state index contributed by atoms with van der Waals surface area (Å²) >= 11 is 0. The van der Waals surface area contributed by atoms with Gasteiger partial charge in [0.25, 0.3) is 0 Å². The highest BCUT2D eigenvalue weighted by Crippen LogP contribution is 2.20. The van der Waals surface area contributed by atoms with Crippen LogP contribution in [0.5, 0.6) is 0 Å². The third-order valence-corrected chi connectivity index (χ3v) is 4.34. The van der Waals surface area contributed by atoms with E-state index in [4.69, 9.17) is 0 Å². The molecule has 0 unspecified atom stereocenters. The number of likely N-dealkylation sites (tertiary alicyclic amines) is 1. The van der Waals surface area contributed by atoms with Crippen molar-refractivity contribution in [3.8, 4) is 0 Å². The number of anilines is 1. The molecule has 0 spiro atoms. The van der Waals surface area contributed by atoms with Gasteiger partial charge in [0.05, 0.1) is 5.69 Å². The average molecular weight is 290 g/mol. The van der Waals surface area contributed by atoms with Gasteiger partial charge >= 0.3 is 0 Å². The van der Waals surface area contributed by atoms with Crippen molar-refractivity contribution in [2.75, 3.05) is 45.2 Å².